The topological polar surface area (TPSA) is 49.4 Å². The van der Waals surface area contributed by atoms with Crippen LogP contribution in [-0.2, 0) is 16.1 Å². The summed E-state index contributed by atoms with van der Waals surface area (Å²) in [6, 6.07) is 2.19. The van der Waals surface area contributed by atoms with Gasteiger partial charge in [0.15, 0.2) is 0 Å². The first-order chi connectivity index (χ1) is 9.15. The van der Waals surface area contributed by atoms with Crippen LogP contribution in [0.4, 0.5) is 0 Å². The second-order valence-electron chi connectivity index (χ2n) is 6.01. The van der Waals surface area contributed by atoms with Crippen LogP contribution in [0.2, 0.25) is 0 Å². The summed E-state index contributed by atoms with van der Waals surface area (Å²) in [5, 5.41) is 15.4. The monoisotopic (exact) mass is 279 g/mol. The van der Waals surface area contributed by atoms with E-state index < -0.39 is 0 Å². The molecule has 5 unspecified atom stereocenters. The number of ether oxygens (including phenoxy) is 1. The molecule has 3 aliphatic rings. The minimum Gasteiger partial charge on any atom is -0.632 e. The molecule has 1 aromatic rings. The smallest absolute Gasteiger partial charge is 0.314 e. The highest BCUT2D eigenvalue weighted by molar-refractivity contribution is 7.10. The molecule has 0 amide bonds. The van der Waals surface area contributed by atoms with E-state index in [1.165, 1.54) is 17.6 Å². The Morgan fingerprint density at radius 1 is 1.47 bits per heavy atom. The zero-order valence-corrected chi connectivity index (χ0v) is 11.7. The Labute approximate surface area is 116 Å². The Morgan fingerprint density at radius 2 is 2.26 bits per heavy atom. The number of nitrogens with zero attached hydrogens (tertiary/aromatic N) is 1. The fourth-order valence-electron chi connectivity index (χ4n) is 4.61. The van der Waals surface area contributed by atoms with Gasteiger partial charge in [0.1, 0.15) is 18.5 Å². The first-order valence-electron chi connectivity index (χ1n) is 6.87. The summed E-state index contributed by atoms with van der Waals surface area (Å²) in [5.41, 5.74) is 1.22. The van der Waals surface area contributed by atoms with Gasteiger partial charge in [0.2, 0.25) is 0 Å². The molecule has 19 heavy (non-hydrogen) atoms. The number of carbonyl (C=O) groups excluding carboxylic acids is 1. The number of rotatable bonds is 1. The Morgan fingerprint density at radius 3 is 3.05 bits per heavy atom. The molecule has 0 saturated carbocycles. The maximum Gasteiger partial charge on any atom is 0.314 e. The molecule has 4 bridgehead atoms. The highest BCUT2D eigenvalue weighted by Gasteiger charge is 2.60. The Kier molecular flexibility index (Phi) is 2.38. The summed E-state index contributed by atoms with van der Waals surface area (Å²) in [7, 11) is 1.43. The van der Waals surface area contributed by atoms with Gasteiger partial charge < -0.3 is 14.6 Å². The summed E-state index contributed by atoms with van der Waals surface area (Å²) >= 11 is 1.75. The molecular formula is C14H17NO3S. The van der Waals surface area contributed by atoms with Crippen molar-refractivity contribution in [1.29, 1.82) is 0 Å². The predicted octanol–water partition coefficient (Wildman–Crippen LogP) is 2.38. The van der Waals surface area contributed by atoms with Crippen LogP contribution < -0.4 is 0 Å². The number of hydrogen-bond donors (Lipinski definition) is 0. The molecule has 3 aliphatic heterocycles. The lowest BCUT2D eigenvalue weighted by atomic mass is 9.77. The lowest BCUT2D eigenvalue weighted by molar-refractivity contribution is -0.940. The zero-order chi connectivity index (χ0) is 13.2. The second-order valence-corrected chi connectivity index (χ2v) is 6.95. The van der Waals surface area contributed by atoms with Gasteiger partial charge in [-0.1, -0.05) is 0 Å². The third-order valence-corrected chi connectivity index (χ3v) is 6.45. The first kappa shape index (κ1) is 11.9. The van der Waals surface area contributed by atoms with Crippen LogP contribution in [0.1, 0.15) is 35.6 Å². The standard InChI is InChI=1S/C14H17NO3S/c1-18-14(16)10-6-9-11-2-3-12(10)15(11,17)7-8-4-5-19-13(8)9/h4-5,9-12H,2-3,6-7H2,1H3. The molecule has 4 heterocycles. The molecule has 5 atom stereocenters. The maximum atomic E-state index is 13.3. The van der Waals surface area contributed by atoms with Crippen molar-refractivity contribution in [1.82, 2.24) is 0 Å². The van der Waals surface area contributed by atoms with Crippen molar-refractivity contribution in [3.8, 4) is 0 Å². The number of piperidine rings is 1. The van der Waals surface area contributed by atoms with Crippen molar-refractivity contribution in [3.05, 3.63) is 27.1 Å². The van der Waals surface area contributed by atoms with E-state index in [0.717, 1.165) is 19.3 Å². The van der Waals surface area contributed by atoms with E-state index in [-0.39, 0.29) is 34.5 Å². The van der Waals surface area contributed by atoms with Crippen molar-refractivity contribution in [3.63, 3.8) is 0 Å². The molecule has 0 aromatic carbocycles. The fourth-order valence-corrected chi connectivity index (χ4v) is 5.71. The molecule has 0 aliphatic carbocycles. The van der Waals surface area contributed by atoms with Gasteiger partial charge in [-0.25, -0.2) is 0 Å². The Bertz CT molecular complexity index is 543. The summed E-state index contributed by atoms with van der Waals surface area (Å²) < 4.78 is 4.76. The second kappa shape index (κ2) is 3.81. The van der Waals surface area contributed by atoms with Crippen molar-refractivity contribution >= 4 is 17.3 Å². The molecule has 102 valence electrons. The first-order valence-corrected chi connectivity index (χ1v) is 7.75. The van der Waals surface area contributed by atoms with Gasteiger partial charge in [-0.3, -0.25) is 4.79 Å². The summed E-state index contributed by atoms with van der Waals surface area (Å²) in [6.45, 7) is 0.554. The van der Waals surface area contributed by atoms with E-state index in [2.05, 4.69) is 11.4 Å². The summed E-state index contributed by atoms with van der Waals surface area (Å²) in [5.74, 6) is -0.126. The van der Waals surface area contributed by atoms with Gasteiger partial charge in [0.25, 0.3) is 0 Å². The normalized spacial score (nSPS) is 42.8. The maximum absolute atomic E-state index is 13.3. The van der Waals surface area contributed by atoms with Crippen LogP contribution in [0.25, 0.3) is 0 Å². The lowest BCUT2D eigenvalue weighted by Gasteiger charge is -2.58. The number of hydrogen-bond acceptors (Lipinski definition) is 4. The van der Waals surface area contributed by atoms with Gasteiger partial charge in [-0.05, 0) is 17.9 Å². The molecular weight excluding hydrogens is 262 g/mol. The molecule has 4 nitrogen and oxygen atoms in total. The van der Waals surface area contributed by atoms with E-state index in [1.54, 1.807) is 11.3 Å². The minimum atomic E-state index is -0.207. The van der Waals surface area contributed by atoms with Crippen LogP contribution in [0.5, 0.6) is 0 Å². The molecule has 0 spiro atoms. The molecule has 5 heteroatoms. The van der Waals surface area contributed by atoms with E-state index in [0.29, 0.717) is 6.54 Å². The van der Waals surface area contributed by atoms with Crippen molar-refractivity contribution < 1.29 is 14.2 Å². The highest BCUT2D eigenvalue weighted by atomic mass is 32.1. The molecule has 2 saturated heterocycles. The molecule has 2 fully saturated rings. The van der Waals surface area contributed by atoms with Crippen molar-refractivity contribution in [2.45, 2.75) is 43.8 Å². The van der Waals surface area contributed by atoms with Crippen LogP contribution >= 0.6 is 11.3 Å². The average Bonchev–Trinajstić information content (AvgIpc) is 2.90. The predicted molar refractivity (Wildman–Crippen MR) is 71.3 cm³/mol. The quantitative estimate of drug-likeness (QED) is 0.450. The SMILES string of the molecule is COC(=O)C1CC2c3sccc3C[N+]3([O-])C1CCC23. The number of carbonyl (C=O) groups is 1. The van der Waals surface area contributed by atoms with Crippen molar-refractivity contribution in [2.75, 3.05) is 7.11 Å². The number of thiophene rings is 1. The number of fused-ring (bicyclic) bond motifs is 2. The van der Waals surface area contributed by atoms with E-state index in [9.17, 15) is 10.0 Å². The van der Waals surface area contributed by atoms with Crippen LogP contribution in [0, 0.1) is 11.1 Å². The van der Waals surface area contributed by atoms with Gasteiger partial charge in [0.05, 0.1) is 13.2 Å². The highest BCUT2D eigenvalue weighted by Crippen LogP contribution is 2.56. The van der Waals surface area contributed by atoms with Crippen LogP contribution in [0.15, 0.2) is 11.4 Å². The fraction of sp³-hybridized carbons (Fsp3) is 0.643. The van der Waals surface area contributed by atoms with E-state index in [1.807, 2.05) is 0 Å². The van der Waals surface area contributed by atoms with Gasteiger partial charge in [-0.2, -0.15) is 0 Å². The summed E-state index contributed by atoms with van der Waals surface area (Å²) in [4.78, 5) is 13.4. The van der Waals surface area contributed by atoms with Gasteiger partial charge >= 0.3 is 5.97 Å². The van der Waals surface area contributed by atoms with Gasteiger partial charge in [-0.15, -0.1) is 11.3 Å². The number of hydroxylamine groups is 3. The Balaban J connectivity index is 1.82. The van der Waals surface area contributed by atoms with Crippen LogP contribution in [-0.4, -0.2) is 29.8 Å². The van der Waals surface area contributed by atoms with Crippen LogP contribution in [0.3, 0.4) is 0 Å². The summed E-state index contributed by atoms with van der Waals surface area (Å²) in [6.07, 6.45) is 2.64. The third kappa shape index (κ3) is 1.38. The lowest BCUT2D eigenvalue weighted by Crippen LogP contribution is -2.62. The van der Waals surface area contributed by atoms with Crippen molar-refractivity contribution in [2.24, 2.45) is 5.92 Å². The molecule has 0 N–H and O–H groups in total. The minimum absolute atomic E-state index is 0.0817. The van der Waals surface area contributed by atoms with E-state index in [4.69, 9.17) is 4.74 Å². The molecule has 1 aromatic heterocycles. The molecule has 4 rings (SSSR count). The number of esters is 1. The van der Waals surface area contributed by atoms with Gasteiger partial charge in [0, 0.05) is 29.2 Å². The molecule has 0 radical (unpaired) electrons. The zero-order valence-electron chi connectivity index (χ0n) is 10.9. The number of methoxy groups -OCH3 is 1. The largest absolute Gasteiger partial charge is 0.632 e. The number of quaternary nitrogens is 1. The van der Waals surface area contributed by atoms with E-state index >= 15 is 0 Å². The average molecular weight is 279 g/mol. The Hall–Kier alpha value is -0.910. The third-order valence-electron chi connectivity index (χ3n) is 5.36.